The molecule has 0 spiro atoms. The van der Waals surface area contributed by atoms with Gasteiger partial charge in [-0.15, -0.1) is 0 Å². The first-order valence-corrected chi connectivity index (χ1v) is 8.82. The number of nitrogens with one attached hydrogen (secondary N) is 1. The number of nitrogens with zero attached hydrogens (tertiary/aromatic N) is 6. The highest BCUT2D eigenvalue weighted by molar-refractivity contribution is 7.22. The average Bonchev–Trinajstić information content (AvgIpc) is 3.29. The Kier molecular flexibility index (Phi) is 4.14. The van der Waals surface area contributed by atoms with Crippen molar-refractivity contribution in [2.75, 3.05) is 36.1 Å². The largest absolute Gasteiger partial charge is 0.480 e. The fourth-order valence-electron chi connectivity index (χ4n) is 2.90. The zero-order chi connectivity index (χ0) is 18.1. The number of ether oxygens (including phenoxy) is 1. The van der Waals surface area contributed by atoms with Crippen LogP contribution in [-0.2, 0) is 0 Å². The van der Waals surface area contributed by atoms with E-state index in [9.17, 15) is 0 Å². The number of anilines is 3. The lowest BCUT2D eigenvalue weighted by atomic mass is 10.3. The Morgan fingerprint density at radius 1 is 1.38 bits per heavy atom. The number of pyridine rings is 1. The van der Waals surface area contributed by atoms with Gasteiger partial charge in [0.15, 0.2) is 5.13 Å². The molecule has 4 heterocycles. The normalized spacial score (nSPS) is 16.6. The molecule has 4 rings (SSSR count). The molecule has 1 aliphatic heterocycles. The average molecular weight is 368 g/mol. The summed E-state index contributed by atoms with van der Waals surface area (Å²) in [7, 11) is 1.48. The Morgan fingerprint density at radius 3 is 3.04 bits per heavy atom. The molecule has 1 unspecified atom stereocenters. The first-order chi connectivity index (χ1) is 12.7. The number of rotatable bonds is 4. The second-order valence-corrected chi connectivity index (χ2v) is 6.89. The number of methoxy groups -OCH3 is 1. The van der Waals surface area contributed by atoms with Crippen molar-refractivity contribution in [1.29, 1.82) is 5.26 Å². The van der Waals surface area contributed by atoms with E-state index in [0.717, 1.165) is 34.9 Å². The molecule has 3 aromatic heterocycles. The van der Waals surface area contributed by atoms with Crippen LogP contribution in [0.5, 0.6) is 5.88 Å². The Hall–Kier alpha value is -3.19. The quantitative estimate of drug-likeness (QED) is 0.706. The Balaban J connectivity index is 1.48. The third-order valence-electron chi connectivity index (χ3n) is 4.18. The number of thiazole rings is 1. The zero-order valence-electron chi connectivity index (χ0n) is 14.0. The van der Waals surface area contributed by atoms with Crippen LogP contribution in [-0.4, -0.2) is 46.2 Å². The van der Waals surface area contributed by atoms with Crippen LogP contribution < -0.4 is 20.7 Å². The fraction of sp³-hybridized carbons (Fsp3) is 0.312. The molecule has 0 radical (unpaired) electrons. The highest BCUT2D eigenvalue weighted by atomic mass is 32.1. The highest BCUT2D eigenvalue weighted by Gasteiger charge is 2.26. The van der Waals surface area contributed by atoms with Crippen LogP contribution in [0.2, 0.25) is 0 Å². The predicted octanol–water partition coefficient (Wildman–Crippen LogP) is 1.63. The van der Waals surface area contributed by atoms with Crippen molar-refractivity contribution in [2.24, 2.45) is 0 Å². The molecule has 0 bridgehead atoms. The van der Waals surface area contributed by atoms with Crippen LogP contribution in [0.25, 0.3) is 10.2 Å². The molecule has 0 aromatic carbocycles. The second kappa shape index (κ2) is 6.61. The van der Waals surface area contributed by atoms with E-state index in [1.54, 1.807) is 23.7 Å². The number of aromatic nitrogens is 4. The predicted molar refractivity (Wildman–Crippen MR) is 99.4 cm³/mol. The molecule has 1 fully saturated rings. The van der Waals surface area contributed by atoms with Crippen LogP contribution in [0.1, 0.15) is 12.0 Å². The molecule has 26 heavy (non-hydrogen) atoms. The van der Waals surface area contributed by atoms with Crippen LogP contribution in [0, 0.1) is 11.3 Å². The summed E-state index contributed by atoms with van der Waals surface area (Å²) in [5.74, 6) is 0.722. The monoisotopic (exact) mass is 368 g/mol. The summed E-state index contributed by atoms with van der Waals surface area (Å²) in [4.78, 5) is 19.4. The molecule has 1 atom stereocenters. The topological polar surface area (TPSA) is 126 Å². The number of nitriles is 1. The molecule has 0 aliphatic carbocycles. The van der Waals surface area contributed by atoms with Gasteiger partial charge in [-0.1, -0.05) is 11.3 Å². The molecule has 0 saturated carbocycles. The maximum atomic E-state index is 9.01. The molecule has 3 aromatic rings. The van der Waals surface area contributed by atoms with Gasteiger partial charge in [0.2, 0.25) is 11.8 Å². The van der Waals surface area contributed by atoms with Crippen LogP contribution in [0.3, 0.4) is 0 Å². The Labute approximate surface area is 153 Å². The smallest absolute Gasteiger partial charge is 0.236 e. The number of nitrogens with two attached hydrogens (primary N) is 1. The lowest BCUT2D eigenvalue weighted by Gasteiger charge is -2.16. The minimum Gasteiger partial charge on any atom is -0.480 e. The summed E-state index contributed by atoms with van der Waals surface area (Å²) in [6.45, 7) is 1.65. The fourth-order valence-corrected chi connectivity index (χ4v) is 3.90. The first kappa shape index (κ1) is 16.3. The molecule has 3 N–H and O–H groups in total. The summed E-state index contributed by atoms with van der Waals surface area (Å²) in [6, 6.07) is 2.18. The van der Waals surface area contributed by atoms with E-state index in [2.05, 4.69) is 30.2 Å². The van der Waals surface area contributed by atoms with E-state index in [1.165, 1.54) is 13.3 Å². The maximum Gasteiger partial charge on any atom is 0.236 e. The Morgan fingerprint density at radius 2 is 2.27 bits per heavy atom. The van der Waals surface area contributed by atoms with Crippen LogP contribution in [0.4, 0.5) is 16.8 Å². The van der Waals surface area contributed by atoms with Crippen molar-refractivity contribution in [2.45, 2.75) is 12.5 Å². The minimum atomic E-state index is 0.176. The van der Waals surface area contributed by atoms with E-state index >= 15 is 0 Å². The molecule has 10 heteroatoms. The van der Waals surface area contributed by atoms with Crippen molar-refractivity contribution in [3.05, 3.63) is 24.2 Å². The second-order valence-electron chi connectivity index (χ2n) is 5.88. The summed E-state index contributed by atoms with van der Waals surface area (Å²) in [5, 5.41) is 13.2. The summed E-state index contributed by atoms with van der Waals surface area (Å²) >= 11 is 1.59. The van der Waals surface area contributed by atoms with Gasteiger partial charge in [-0.05, 0) is 6.42 Å². The van der Waals surface area contributed by atoms with Crippen molar-refractivity contribution in [3.63, 3.8) is 0 Å². The van der Waals surface area contributed by atoms with Crippen molar-refractivity contribution in [1.82, 2.24) is 19.9 Å². The molecule has 1 aliphatic rings. The minimum absolute atomic E-state index is 0.176. The van der Waals surface area contributed by atoms with E-state index < -0.39 is 0 Å². The van der Waals surface area contributed by atoms with Gasteiger partial charge in [0.1, 0.15) is 17.1 Å². The van der Waals surface area contributed by atoms with Gasteiger partial charge in [0.05, 0.1) is 29.9 Å². The molecule has 0 amide bonds. The van der Waals surface area contributed by atoms with Gasteiger partial charge in [-0.2, -0.15) is 10.2 Å². The standard InChI is InChI=1S/C16H16N8OS/c1-25-14-9(4-17)5-20-15(23-14)21-10-2-3-24(8-10)16-22-13-11(18)6-19-7-12(13)26-16/h5-7,10H,2-3,8,18H2,1H3,(H,20,21,23). The number of nitrogen functional groups attached to an aromatic ring is 1. The van der Waals surface area contributed by atoms with Gasteiger partial charge in [0.25, 0.3) is 0 Å². The van der Waals surface area contributed by atoms with E-state index in [0.29, 0.717) is 17.2 Å². The molecular formula is C16H16N8OS. The van der Waals surface area contributed by atoms with E-state index in [4.69, 9.17) is 15.7 Å². The zero-order valence-corrected chi connectivity index (χ0v) is 14.8. The Bertz CT molecular complexity index is 998. The first-order valence-electron chi connectivity index (χ1n) is 8.00. The molecular weight excluding hydrogens is 352 g/mol. The maximum absolute atomic E-state index is 9.01. The van der Waals surface area contributed by atoms with Crippen molar-refractivity contribution < 1.29 is 4.74 Å². The number of hydrogen-bond donors (Lipinski definition) is 2. The summed E-state index contributed by atoms with van der Waals surface area (Å²) < 4.78 is 6.11. The van der Waals surface area contributed by atoms with Crippen LogP contribution >= 0.6 is 11.3 Å². The SMILES string of the molecule is COc1nc(NC2CCN(c3nc4c(N)cncc4s3)C2)ncc1C#N. The summed E-state index contributed by atoms with van der Waals surface area (Å²) in [6.07, 6.45) is 5.80. The van der Waals surface area contributed by atoms with Gasteiger partial charge in [-0.3, -0.25) is 4.98 Å². The van der Waals surface area contributed by atoms with E-state index in [1.807, 2.05) is 6.07 Å². The van der Waals surface area contributed by atoms with Crippen LogP contribution in [0.15, 0.2) is 18.6 Å². The number of hydrogen-bond acceptors (Lipinski definition) is 10. The third-order valence-corrected chi connectivity index (χ3v) is 5.23. The summed E-state index contributed by atoms with van der Waals surface area (Å²) in [5.41, 5.74) is 7.66. The lowest BCUT2D eigenvalue weighted by molar-refractivity contribution is 0.396. The van der Waals surface area contributed by atoms with Crippen molar-refractivity contribution in [3.8, 4) is 11.9 Å². The molecule has 132 valence electrons. The number of fused-ring (bicyclic) bond motifs is 1. The van der Waals surface area contributed by atoms with Crippen molar-refractivity contribution >= 4 is 38.3 Å². The molecule has 9 nitrogen and oxygen atoms in total. The van der Waals surface area contributed by atoms with Gasteiger partial charge in [-0.25, -0.2) is 9.97 Å². The molecule has 1 saturated heterocycles. The highest BCUT2D eigenvalue weighted by Crippen LogP contribution is 2.33. The third kappa shape index (κ3) is 2.93. The van der Waals surface area contributed by atoms with Gasteiger partial charge in [0, 0.05) is 25.3 Å². The van der Waals surface area contributed by atoms with Gasteiger partial charge < -0.3 is 20.7 Å². The van der Waals surface area contributed by atoms with E-state index in [-0.39, 0.29) is 11.9 Å². The van der Waals surface area contributed by atoms with Gasteiger partial charge >= 0.3 is 0 Å². The lowest BCUT2D eigenvalue weighted by Crippen LogP contribution is -2.26.